The highest BCUT2D eigenvalue weighted by Gasteiger charge is 2.50. The maximum atomic E-state index is 10.2. The molecule has 2 rings (SSSR count). The van der Waals surface area contributed by atoms with Crippen molar-refractivity contribution in [1.82, 2.24) is 9.78 Å². The molecule has 0 amide bonds. The molecule has 0 spiro atoms. The van der Waals surface area contributed by atoms with E-state index in [1.54, 1.807) is 22.6 Å². The predicted molar refractivity (Wildman–Crippen MR) is 61.3 cm³/mol. The van der Waals surface area contributed by atoms with E-state index in [1.165, 1.54) is 0 Å². The summed E-state index contributed by atoms with van der Waals surface area (Å²) in [6.45, 7) is 0. The van der Waals surface area contributed by atoms with Crippen LogP contribution in [0.4, 0.5) is 0 Å². The zero-order valence-electron chi connectivity index (χ0n) is 8.20. The van der Waals surface area contributed by atoms with Crippen molar-refractivity contribution in [2.75, 3.05) is 6.26 Å². The molecular formula is C9H13BrN2OS. The molecule has 0 aromatic carbocycles. The van der Waals surface area contributed by atoms with Gasteiger partial charge in [-0.2, -0.15) is 16.9 Å². The van der Waals surface area contributed by atoms with Gasteiger partial charge in [0.25, 0.3) is 0 Å². The highest BCUT2D eigenvalue weighted by molar-refractivity contribution is 9.10. The Morgan fingerprint density at radius 2 is 2.36 bits per heavy atom. The summed E-state index contributed by atoms with van der Waals surface area (Å²) in [4.78, 5) is 0. The standard InChI is InChI=1S/C9H13BrN2OS/c1-12-7(6(10)5-11-12)8(13)9(14-2)3-4-9/h5,8,13H,3-4H2,1-2H3. The van der Waals surface area contributed by atoms with E-state index in [4.69, 9.17) is 0 Å². The number of hydrogen-bond donors (Lipinski definition) is 1. The van der Waals surface area contributed by atoms with Gasteiger partial charge in [-0.15, -0.1) is 0 Å². The second-order valence-corrected chi connectivity index (χ2v) is 5.75. The third-order valence-corrected chi connectivity index (χ3v) is 4.90. The Balaban J connectivity index is 2.31. The Hall–Kier alpha value is 0. The molecule has 0 radical (unpaired) electrons. The third-order valence-electron chi connectivity index (χ3n) is 2.84. The monoisotopic (exact) mass is 276 g/mol. The first-order valence-corrected chi connectivity index (χ1v) is 6.53. The summed E-state index contributed by atoms with van der Waals surface area (Å²) in [6, 6.07) is 0. The van der Waals surface area contributed by atoms with Crippen LogP contribution in [0.15, 0.2) is 10.7 Å². The molecule has 1 atom stereocenters. The maximum absolute atomic E-state index is 10.2. The molecule has 1 heterocycles. The van der Waals surface area contributed by atoms with Crippen LogP contribution in [0, 0.1) is 0 Å². The minimum atomic E-state index is -0.417. The van der Waals surface area contributed by atoms with Gasteiger partial charge in [-0.05, 0) is 35.0 Å². The van der Waals surface area contributed by atoms with Crippen molar-refractivity contribution < 1.29 is 5.11 Å². The lowest BCUT2D eigenvalue weighted by atomic mass is 10.1. The van der Waals surface area contributed by atoms with E-state index in [0.717, 1.165) is 23.0 Å². The van der Waals surface area contributed by atoms with E-state index in [-0.39, 0.29) is 4.75 Å². The van der Waals surface area contributed by atoms with Crippen LogP contribution in [-0.4, -0.2) is 25.9 Å². The lowest BCUT2D eigenvalue weighted by Crippen LogP contribution is -2.19. The summed E-state index contributed by atoms with van der Waals surface area (Å²) in [6.07, 6.45) is 5.55. The number of aliphatic hydroxyl groups is 1. The summed E-state index contributed by atoms with van der Waals surface area (Å²) in [5.41, 5.74) is 0.886. The van der Waals surface area contributed by atoms with E-state index in [0.29, 0.717) is 0 Å². The van der Waals surface area contributed by atoms with Gasteiger partial charge in [-0.3, -0.25) is 4.68 Å². The molecule has 0 bridgehead atoms. The molecule has 1 aromatic rings. The van der Waals surface area contributed by atoms with Gasteiger partial charge >= 0.3 is 0 Å². The van der Waals surface area contributed by atoms with Gasteiger partial charge in [0, 0.05) is 11.8 Å². The molecule has 3 nitrogen and oxygen atoms in total. The molecule has 1 fully saturated rings. The molecule has 0 aliphatic heterocycles. The Morgan fingerprint density at radius 3 is 2.71 bits per heavy atom. The zero-order chi connectivity index (χ0) is 10.3. The Bertz CT molecular complexity index is 329. The van der Waals surface area contributed by atoms with Crippen molar-refractivity contribution in [2.45, 2.75) is 23.7 Å². The molecule has 0 saturated heterocycles. The number of rotatable bonds is 3. The number of thioether (sulfide) groups is 1. The summed E-state index contributed by atoms with van der Waals surface area (Å²) >= 11 is 5.16. The van der Waals surface area contributed by atoms with E-state index < -0.39 is 6.10 Å². The normalized spacial score (nSPS) is 20.9. The van der Waals surface area contributed by atoms with Crippen molar-refractivity contribution in [1.29, 1.82) is 0 Å². The first kappa shape index (κ1) is 10.5. The second kappa shape index (κ2) is 3.54. The quantitative estimate of drug-likeness (QED) is 0.919. The first-order valence-electron chi connectivity index (χ1n) is 4.51. The van der Waals surface area contributed by atoms with E-state index in [9.17, 15) is 5.11 Å². The predicted octanol–water partition coefficient (Wildman–Crippen LogP) is 2.11. The smallest absolute Gasteiger partial charge is 0.111 e. The third kappa shape index (κ3) is 1.51. The van der Waals surface area contributed by atoms with Crippen LogP contribution in [0.1, 0.15) is 24.6 Å². The van der Waals surface area contributed by atoms with Gasteiger partial charge in [0.2, 0.25) is 0 Å². The number of nitrogens with zero attached hydrogens (tertiary/aromatic N) is 2. The van der Waals surface area contributed by atoms with Crippen molar-refractivity contribution in [3.8, 4) is 0 Å². The number of hydrogen-bond acceptors (Lipinski definition) is 3. The molecule has 1 saturated carbocycles. The summed E-state index contributed by atoms with van der Waals surface area (Å²) in [7, 11) is 1.86. The van der Waals surface area contributed by atoms with Crippen LogP contribution >= 0.6 is 27.7 Å². The van der Waals surface area contributed by atoms with Gasteiger partial charge in [-0.1, -0.05) is 0 Å². The van der Waals surface area contributed by atoms with Crippen LogP contribution in [0.5, 0.6) is 0 Å². The fraction of sp³-hybridized carbons (Fsp3) is 0.667. The second-order valence-electron chi connectivity index (χ2n) is 3.67. The highest BCUT2D eigenvalue weighted by Crippen LogP contribution is 2.56. The summed E-state index contributed by atoms with van der Waals surface area (Å²) in [5.74, 6) is 0. The maximum Gasteiger partial charge on any atom is 0.111 e. The Morgan fingerprint density at radius 1 is 1.71 bits per heavy atom. The SMILES string of the molecule is CSC1(C(O)c2c(Br)cnn2C)CC1. The van der Waals surface area contributed by atoms with Crippen molar-refractivity contribution >= 4 is 27.7 Å². The Labute approximate surface area is 96.0 Å². The van der Waals surface area contributed by atoms with Crippen LogP contribution in [0.25, 0.3) is 0 Å². The number of aromatic nitrogens is 2. The van der Waals surface area contributed by atoms with Gasteiger partial charge in [0.05, 0.1) is 16.4 Å². The Kier molecular flexibility index (Phi) is 2.66. The van der Waals surface area contributed by atoms with Gasteiger partial charge in [0.1, 0.15) is 6.10 Å². The highest BCUT2D eigenvalue weighted by atomic mass is 79.9. The van der Waals surface area contributed by atoms with E-state index in [2.05, 4.69) is 27.3 Å². The van der Waals surface area contributed by atoms with Crippen LogP contribution in [-0.2, 0) is 7.05 Å². The number of halogens is 1. The molecule has 5 heteroatoms. The van der Waals surface area contributed by atoms with Crippen LogP contribution in [0.3, 0.4) is 0 Å². The molecule has 1 N–H and O–H groups in total. The first-order chi connectivity index (χ1) is 6.60. The minimum Gasteiger partial charge on any atom is -0.385 e. The summed E-state index contributed by atoms with van der Waals surface area (Å²) in [5, 5.41) is 14.4. The van der Waals surface area contributed by atoms with Crippen molar-refractivity contribution in [3.05, 3.63) is 16.4 Å². The van der Waals surface area contributed by atoms with Crippen LogP contribution < -0.4 is 0 Å². The largest absolute Gasteiger partial charge is 0.385 e. The van der Waals surface area contributed by atoms with Gasteiger partial charge in [0.15, 0.2) is 0 Å². The molecule has 14 heavy (non-hydrogen) atoms. The number of aliphatic hydroxyl groups excluding tert-OH is 1. The van der Waals surface area contributed by atoms with Crippen molar-refractivity contribution in [3.63, 3.8) is 0 Å². The van der Waals surface area contributed by atoms with Crippen molar-refractivity contribution in [2.24, 2.45) is 7.05 Å². The van der Waals surface area contributed by atoms with Crippen LogP contribution in [0.2, 0.25) is 0 Å². The average Bonchev–Trinajstić information content (AvgIpc) is 2.89. The fourth-order valence-corrected chi connectivity index (χ4v) is 3.10. The number of aryl methyl sites for hydroxylation is 1. The zero-order valence-corrected chi connectivity index (χ0v) is 10.6. The minimum absolute atomic E-state index is 0.0380. The molecular weight excluding hydrogens is 264 g/mol. The molecule has 1 aliphatic carbocycles. The molecule has 1 unspecified atom stereocenters. The lowest BCUT2D eigenvalue weighted by molar-refractivity contribution is 0.157. The summed E-state index contributed by atoms with van der Waals surface area (Å²) < 4.78 is 2.68. The average molecular weight is 277 g/mol. The van der Waals surface area contributed by atoms with Gasteiger partial charge < -0.3 is 5.11 Å². The van der Waals surface area contributed by atoms with E-state index in [1.807, 2.05) is 7.05 Å². The molecule has 78 valence electrons. The molecule has 1 aromatic heterocycles. The topological polar surface area (TPSA) is 38.1 Å². The fourth-order valence-electron chi connectivity index (χ4n) is 1.69. The lowest BCUT2D eigenvalue weighted by Gasteiger charge is -2.20. The van der Waals surface area contributed by atoms with E-state index >= 15 is 0 Å². The van der Waals surface area contributed by atoms with Gasteiger partial charge in [-0.25, -0.2) is 0 Å². The molecule has 1 aliphatic rings.